The first kappa shape index (κ1) is 13.4. The van der Waals surface area contributed by atoms with E-state index in [1.807, 2.05) is 37.3 Å². The van der Waals surface area contributed by atoms with Gasteiger partial charge in [0.2, 0.25) is 0 Å². The van der Waals surface area contributed by atoms with Gasteiger partial charge in [-0.1, -0.05) is 18.2 Å². The van der Waals surface area contributed by atoms with E-state index < -0.39 is 0 Å². The first-order chi connectivity index (χ1) is 9.28. The van der Waals surface area contributed by atoms with Crippen molar-refractivity contribution in [2.45, 2.75) is 19.8 Å². The van der Waals surface area contributed by atoms with Crippen LogP contribution < -0.4 is 10.5 Å². The van der Waals surface area contributed by atoms with Gasteiger partial charge < -0.3 is 10.5 Å². The molecule has 19 heavy (non-hydrogen) atoms. The highest BCUT2D eigenvalue weighted by molar-refractivity contribution is 5.20. The number of benzene rings is 1. The summed E-state index contributed by atoms with van der Waals surface area (Å²) in [6, 6.07) is 9.71. The van der Waals surface area contributed by atoms with Crippen molar-refractivity contribution in [3.63, 3.8) is 0 Å². The summed E-state index contributed by atoms with van der Waals surface area (Å²) in [5, 5.41) is 0. The molecule has 1 aromatic heterocycles. The molecule has 0 bridgehead atoms. The average molecular weight is 258 g/mol. The summed E-state index contributed by atoms with van der Waals surface area (Å²) < 4.78 is 5.62. The smallest absolute Gasteiger partial charge is 0.136 e. The Hall–Kier alpha value is -2.01. The van der Waals surface area contributed by atoms with Crippen molar-refractivity contribution in [1.82, 2.24) is 15.0 Å². The molecule has 0 aliphatic carbocycles. The summed E-state index contributed by atoms with van der Waals surface area (Å²) >= 11 is 0. The molecule has 0 aliphatic rings. The van der Waals surface area contributed by atoms with Gasteiger partial charge in [-0.2, -0.15) is 0 Å². The predicted octanol–water partition coefficient (Wildman–Crippen LogP) is 1.30. The van der Waals surface area contributed by atoms with E-state index in [0.717, 1.165) is 23.2 Å². The Kier molecular flexibility index (Phi) is 4.80. The van der Waals surface area contributed by atoms with Crippen molar-refractivity contribution < 1.29 is 4.74 Å². The van der Waals surface area contributed by atoms with Gasteiger partial charge in [0.15, 0.2) is 0 Å². The normalized spacial score (nSPS) is 10.4. The molecular weight excluding hydrogens is 240 g/mol. The second-order valence-corrected chi connectivity index (χ2v) is 4.17. The minimum atomic E-state index is 0.545. The van der Waals surface area contributed by atoms with Gasteiger partial charge in [0.05, 0.1) is 6.61 Å². The number of nitrogens with zero attached hydrogens (tertiary/aromatic N) is 3. The number of hydrogen-bond acceptors (Lipinski definition) is 5. The highest BCUT2D eigenvalue weighted by Crippen LogP contribution is 2.08. The zero-order valence-electron chi connectivity index (χ0n) is 11.0. The van der Waals surface area contributed by atoms with Crippen LogP contribution in [-0.2, 0) is 12.8 Å². The minimum absolute atomic E-state index is 0.545. The van der Waals surface area contributed by atoms with Crippen LogP contribution in [0, 0.1) is 6.92 Å². The first-order valence-corrected chi connectivity index (χ1v) is 6.36. The molecule has 0 saturated heterocycles. The number of aryl methyl sites for hydroxylation is 1. The maximum atomic E-state index is 5.62. The molecule has 0 unspecified atom stereocenters. The molecule has 100 valence electrons. The van der Waals surface area contributed by atoms with Crippen LogP contribution in [0.4, 0.5) is 0 Å². The van der Waals surface area contributed by atoms with Crippen molar-refractivity contribution in [2.75, 3.05) is 13.2 Å². The van der Waals surface area contributed by atoms with Crippen LogP contribution in [0.15, 0.2) is 30.3 Å². The van der Waals surface area contributed by atoms with Crippen LogP contribution >= 0.6 is 0 Å². The number of ether oxygens (including phenoxy) is 1. The third kappa shape index (κ3) is 4.30. The van der Waals surface area contributed by atoms with Gasteiger partial charge in [0, 0.05) is 12.8 Å². The lowest BCUT2D eigenvalue weighted by atomic mass is 10.3. The van der Waals surface area contributed by atoms with Crippen LogP contribution in [0.25, 0.3) is 0 Å². The molecule has 0 radical (unpaired) electrons. The van der Waals surface area contributed by atoms with Crippen molar-refractivity contribution in [3.8, 4) is 5.75 Å². The lowest BCUT2D eigenvalue weighted by Crippen LogP contribution is -2.12. The van der Waals surface area contributed by atoms with Crippen LogP contribution in [-0.4, -0.2) is 28.1 Å². The van der Waals surface area contributed by atoms with Crippen molar-refractivity contribution >= 4 is 0 Å². The van der Waals surface area contributed by atoms with E-state index in [1.54, 1.807) is 0 Å². The molecule has 5 nitrogen and oxygen atoms in total. The third-order valence-electron chi connectivity index (χ3n) is 2.55. The Morgan fingerprint density at radius 2 is 1.68 bits per heavy atom. The molecule has 1 aromatic carbocycles. The molecular formula is C14H18N4O. The maximum absolute atomic E-state index is 5.62. The van der Waals surface area contributed by atoms with Gasteiger partial charge in [-0.15, -0.1) is 0 Å². The Balaban J connectivity index is 1.92. The Labute approximate surface area is 112 Å². The number of hydrogen-bond donors (Lipinski definition) is 1. The molecule has 1 heterocycles. The molecule has 0 fully saturated rings. The highest BCUT2D eigenvalue weighted by Gasteiger charge is 2.04. The zero-order chi connectivity index (χ0) is 13.5. The second-order valence-electron chi connectivity index (χ2n) is 4.17. The van der Waals surface area contributed by atoms with E-state index >= 15 is 0 Å². The Morgan fingerprint density at radius 1 is 1.00 bits per heavy atom. The van der Waals surface area contributed by atoms with E-state index in [1.165, 1.54) is 0 Å². The van der Waals surface area contributed by atoms with E-state index in [0.29, 0.717) is 26.0 Å². The average Bonchev–Trinajstić information content (AvgIpc) is 2.40. The number of nitrogens with two attached hydrogens (primary N) is 1. The summed E-state index contributed by atoms with van der Waals surface area (Å²) in [6.07, 6.45) is 1.34. The van der Waals surface area contributed by atoms with Crippen molar-refractivity contribution in [1.29, 1.82) is 0 Å². The standard InChI is InChI=1S/C14H18N4O/c1-11-16-13(7-9-15)18-14(17-11)8-10-19-12-5-3-2-4-6-12/h2-6H,7-10,15H2,1H3. The Bertz CT molecular complexity index is 516. The van der Waals surface area contributed by atoms with Gasteiger partial charge in [-0.05, 0) is 25.6 Å². The molecule has 0 atom stereocenters. The van der Waals surface area contributed by atoms with Crippen LogP contribution in [0.5, 0.6) is 5.75 Å². The van der Waals surface area contributed by atoms with Crippen LogP contribution in [0.2, 0.25) is 0 Å². The minimum Gasteiger partial charge on any atom is -0.493 e. The fourth-order valence-corrected chi connectivity index (χ4v) is 1.73. The van der Waals surface area contributed by atoms with Gasteiger partial charge in [0.1, 0.15) is 23.2 Å². The van der Waals surface area contributed by atoms with Crippen LogP contribution in [0.1, 0.15) is 17.5 Å². The summed E-state index contributed by atoms with van der Waals surface area (Å²) in [7, 11) is 0. The predicted molar refractivity (Wildman–Crippen MR) is 73.0 cm³/mol. The lowest BCUT2D eigenvalue weighted by molar-refractivity contribution is 0.318. The van der Waals surface area contributed by atoms with Gasteiger partial charge >= 0.3 is 0 Å². The number of para-hydroxylation sites is 1. The fourth-order valence-electron chi connectivity index (χ4n) is 1.73. The quantitative estimate of drug-likeness (QED) is 0.845. The zero-order valence-corrected chi connectivity index (χ0v) is 11.0. The maximum Gasteiger partial charge on any atom is 0.136 e. The van der Waals surface area contributed by atoms with Gasteiger partial charge in [-0.3, -0.25) is 0 Å². The molecule has 2 rings (SSSR count). The van der Waals surface area contributed by atoms with Crippen molar-refractivity contribution in [3.05, 3.63) is 47.8 Å². The van der Waals surface area contributed by atoms with Crippen molar-refractivity contribution in [2.24, 2.45) is 5.73 Å². The first-order valence-electron chi connectivity index (χ1n) is 6.36. The summed E-state index contributed by atoms with van der Waals surface area (Å²) in [6.45, 7) is 2.96. The molecule has 5 heteroatoms. The van der Waals surface area contributed by atoms with Gasteiger partial charge in [-0.25, -0.2) is 15.0 Å². The summed E-state index contributed by atoms with van der Waals surface area (Å²) in [5.41, 5.74) is 5.51. The lowest BCUT2D eigenvalue weighted by Gasteiger charge is -2.06. The van der Waals surface area contributed by atoms with E-state index in [9.17, 15) is 0 Å². The molecule has 0 spiro atoms. The molecule has 2 aromatic rings. The van der Waals surface area contributed by atoms with E-state index in [4.69, 9.17) is 10.5 Å². The highest BCUT2D eigenvalue weighted by atomic mass is 16.5. The summed E-state index contributed by atoms with van der Waals surface area (Å²) in [5.74, 6) is 3.10. The monoisotopic (exact) mass is 258 g/mol. The third-order valence-corrected chi connectivity index (χ3v) is 2.55. The number of rotatable bonds is 6. The fraction of sp³-hybridized carbons (Fsp3) is 0.357. The molecule has 2 N–H and O–H groups in total. The number of aromatic nitrogens is 3. The summed E-state index contributed by atoms with van der Waals surface area (Å²) in [4.78, 5) is 12.9. The van der Waals surface area contributed by atoms with Crippen LogP contribution in [0.3, 0.4) is 0 Å². The van der Waals surface area contributed by atoms with Gasteiger partial charge in [0.25, 0.3) is 0 Å². The second kappa shape index (κ2) is 6.80. The molecule has 0 saturated carbocycles. The van der Waals surface area contributed by atoms with E-state index in [-0.39, 0.29) is 0 Å². The molecule has 0 amide bonds. The topological polar surface area (TPSA) is 73.9 Å². The largest absolute Gasteiger partial charge is 0.493 e. The van der Waals surface area contributed by atoms with E-state index in [2.05, 4.69) is 15.0 Å². The Morgan fingerprint density at radius 3 is 2.37 bits per heavy atom. The SMILES string of the molecule is Cc1nc(CCN)nc(CCOc2ccccc2)n1. The molecule has 0 aliphatic heterocycles.